The predicted octanol–water partition coefficient (Wildman–Crippen LogP) is 3.90. The van der Waals surface area contributed by atoms with E-state index in [2.05, 4.69) is 45.0 Å². The van der Waals surface area contributed by atoms with Crippen LogP contribution in [0.5, 0.6) is 0 Å². The molecule has 0 amide bonds. The molecule has 1 aromatic rings. The van der Waals surface area contributed by atoms with Gasteiger partial charge in [-0.05, 0) is 35.8 Å². The van der Waals surface area contributed by atoms with Crippen molar-refractivity contribution in [3.8, 4) is 0 Å². The van der Waals surface area contributed by atoms with Crippen molar-refractivity contribution < 1.29 is 4.79 Å². The van der Waals surface area contributed by atoms with Crippen LogP contribution < -0.4 is 0 Å². The summed E-state index contributed by atoms with van der Waals surface area (Å²) in [4.78, 5) is 11.6. The maximum absolute atomic E-state index is 11.6. The van der Waals surface area contributed by atoms with Gasteiger partial charge in [0.25, 0.3) is 0 Å². The molecule has 2 rings (SSSR count). The smallest absolute Gasteiger partial charge is 0.136 e. The Morgan fingerprint density at radius 2 is 1.76 bits per heavy atom. The average Bonchev–Trinajstić information content (AvgIpc) is 3.09. The van der Waals surface area contributed by atoms with E-state index in [0.29, 0.717) is 11.7 Å². The van der Waals surface area contributed by atoms with Gasteiger partial charge >= 0.3 is 0 Å². The van der Waals surface area contributed by atoms with Crippen molar-refractivity contribution in [2.24, 2.45) is 5.92 Å². The van der Waals surface area contributed by atoms with Crippen LogP contribution in [0.15, 0.2) is 24.3 Å². The second-order valence-corrected chi connectivity index (χ2v) is 6.19. The molecule has 0 heterocycles. The SMILES string of the molecule is CC(C)(C)c1ccc(CCC(=O)C2CC2)cc1. The zero-order valence-corrected chi connectivity index (χ0v) is 11.1. The quantitative estimate of drug-likeness (QED) is 0.766. The van der Waals surface area contributed by atoms with Crippen LogP contribution in [0.1, 0.15) is 51.2 Å². The highest BCUT2D eigenvalue weighted by Crippen LogP contribution is 2.31. The van der Waals surface area contributed by atoms with E-state index in [1.165, 1.54) is 11.1 Å². The Kier molecular flexibility index (Phi) is 3.37. The number of benzene rings is 1. The van der Waals surface area contributed by atoms with E-state index in [1.54, 1.807) is 0 Å². The summed E-state index contributed by atoms with van der Waals surface area (Å²) in [6, 6.07) is 8.72. The molecule has 0 unspecified atom stereocenters. The van der Waals surface area contributed by atoms with Crippen molar-refractivity contribution >= 4 is 5.78 Å². The summed E-state index contributed by atoms with van der Waals surface area (Å²) in [7, 11) is 0. The van der Waals surface area contributed by atoms with E-state index in [0.717, 1.165) is 25.7 Å². The monoisotopic (exact) mass is 230 g/mol. The first kappa shape index (κ1) is 12.3. The first-order chi connectivity index (χ1) is 7.97. The fraction of sp³-hybridized carbons (Fsp3) is 0.562. The predicted molar refractivity (Wildman–Crippen MR) is 71.2 cm³/mol. The molecule has 1 aromatic carbocycles. The largest absolute Gasteiger partial charge is 0.299 e. The van der Waals surface area contributed by atoms with E-state index in [4.69, 9.17) is 0 Å². The lowest BCUT2D eigenvalue weighted by molar-refractivity contribution is -0.120. The number of carbonyl (C=O) groups excluding carboxylic acids is 1. The Bertz CT molecular complexity index is 391. The van der Waals surface area contributed by atoms with Gasteiger partial charge in [-0.25, -0.2) is 0 Å². The minimum Gasteiger partial charge on any atom is -0.299 e. The molecular weight excluding hydrogens is 208 g/mol. The third kappa shape index (κ3) is 3.42. The van der Waals surface area contributed by atoms with Crippen LogP contribution in [0.2, 0.25) is 0 Å². The Labute approximate surface area is 104 Å². The highest BCUT2D eigenvalue weighted by molar-refractivity contribution is 5.83. The molecule has 0 aliphatic heterocycles. The number of hydrogen-bond acceptors (Lipinski definition) is 1. The van der Waals surface area contributed by atoms with Gasteiger partial charge in [-0.15, -0.1) is 0 Å². The second-order valence-electron chi connectivity index (χ2n) is 6.19. The van der Waals surface area contributed by atoms with Gasteiger partial charge in [-0.3, -0.25) is 4.79 Å². The number of aryl methyl sites for hydroxylation is 1. The summed E-state index contributed by atoms with van der Waals surface area (Å²) in [6.07, 6.45) is 3.88. The molecular formula is C16H22O. The second kappa shape index (κ2) is 4.64. The van der Waals surface area contributed by atoms with Crippen molar-refractivity contribution in [2.75, 3.05) is 0 Å². The lowest BCUT2D eigenvalue weighted by atomic mass is 9.86. The van der Waals surface area contributed by atoms with E-state index >= 15 is 0 Å². The molecule has 0 bridgehead atoms. The number of ketones is 1. The van der Waals surface area contributed by atoms with Gasteiger partial charge < -0.3 is 0 Å². The standard InChI is InChI=1S/C16H22O/c1-16(2,3)14-9-4-12(5-10-14)6-11-15(17)13-7-8-13/h4-5,9-10,13H,6-8,11H2,1-3H3. The Morgan fingerprint density at radius 1 is 1.18 bits per heavy atom. The van der Waals surface area contributed by atoms with Crippen LogP contribution >= 0.6 is 0 Å². The molecule has 1 aliphatic rings. The van der Waals surface area contributed by atoms with E-state index < -0.39 is 0 Å². The van der Waals surface area contributed by atoms with Crippen molar-refractivity contribution in [1.29, 1.82) is 0 Å². The molecule has 0 saturated heterocycles. The van der Waals surface area contributed by atoms with Gasteiger partial charge in [0.1, 0.15) is 5.78 Å². The summed E-state index contributed by atoms with van der Waals surface area (Å²) < 4.78 is 0. The molecule has 0 spiro atoms. The average molecular weight is 230 g/mol. The summed E-state index contributed by atoms with van der Waals surface area (Å²) in [5, 5.41) is 0. The number of hydrogen-bond donors (Lipinski definition) is 0. The molecule has 0 radical (unpaired) electrons. The van der Waals surface area contributed by atoms with Crippen LogP contribution in [0.4, 0.5) is 0 Å². The fourth-order valence-electron chi connectivity index (χ4n) is 2.05. The van der Waals surface area contributed by atoms with Gasteiger partial charge in [-0.1, -0.05) is 45.0 Å². The number of rotatable bonds is 4. The molecule has 1 nitrogen and oxygen atoms in total. The first-order valence-corrected chi connectivity index (χ1v) is 6.59. The van der Waals surface area contributed by atoms with Crippen LogP contribution in [0, 0.1) is 5.92 Å². The lowest BCUT2D eigenvalue weighted by Gasteiger charge is -2.19. The fourth-order valence-corrected chi connectivity index (χ4v) is 2.05. The Hall–Kier alpha value is -1.11. The molecule has 0 aromatic heterocycles. The normalized spacial score (nSPS) is 15.9. The number of Topliss-reactive ketones (excluding diaryl/α,β-unsaturated/α-hetero) is 1. The van der Waals surface area contributed by atoms with Crippen molar-refractivity contribution in [1.82, 2.24) is 0 Å². The van der Waals surface area contributed by atoms with Gasteiger partial charge in [0, 0.05) is 12.3 Å². The maximum Gasteiger partial charge on any atom is 0.136 e. The minimum absolute atomic E-state index is 0.211. The summed E-state index contributed by atoms with van der Waals surface area (Å²) in [6.45, 7) is 6.66. The van der Waals surface area contributed by atoms with E-state index in [1.807, 2.05) is 0 Å². The summed E-state index contributed by atoms with van der Waals surface area (Å²) in [5.74, 6) is 0.869. The highest BCUT2D eigenvalue weighted by atomic mass is 16.1. The molecule has 17 heavy (non-hydrogen) atoms. The lowest BCUT2D eigenvalue weighted by Crippen LogP contribution is -2.10. The highest BCUT2D eigenvalue weighted by Gasteiger charge is 2.28. The van der Waals surface area contributed by atoms with E-state index in [-0.39, 0.29) is 5.41 Å². The van der Waals surface area contributed by atoms with Crippen molar-refractivity contribution in [3.63, 3.8) is 0 Å². The first-order valence-electron chi connectivity index (χ1n) is 6.59. The number of carbonyl (C=O) groups is 1. The summed E-state index contributed by atoms with van der Waals surface area (Å²) >= 11 is 0. The Balaban J connectivity index is 1.91. The molecule has 1 aliphatic carbocycles. The van der Waals surface area contributed by atoms with Crippen LogP contribution in [-0.2, 0) is 16.6 Å². The zero-order chi connectivity index (χ0) is 12.5. The third-order valence-electron chi connectivity index (χ3n) is 3.51. The topological polar surface area (TPSA) is 17.1 Å². The minimum atomic E-state index is 0.211. The van der Waals surface area contributed by atoms with Gasteiger partial charge in [0.15, 0.2) is 0 Å². The molecule has 92 valence electrons. The van der Waals surface area contributed by atoms with E-state index in [9.17, 15) is 4.79 Å². The van der Waals surface area contributed by atoms with Gasteiger partial charge in [0.2, 0.25) is 0 Å². The van der Waals surface area contributed by atoms with Crippen molar-refractivity contribution in [2.45, 2.75) is 51.9 Å². The molecule has 1 heteroatoms. The van der Waals surface area contributed by atoms with Crippen molar-refractivity contribution in [3.05, 3.63) is 35.4 Å². The van der Waals surface area contributed by atoms with Gasteiger partial charge in [-0.2, -0.15) is 0 Å². The van der Waals surface area contributed by atoms with Gasteiger partial charge in [0.05, 0.1) is 0 Å². The van der Waals surface area contributed by atoms with Crippen LogP contribution in [0.25, 0.3) is 0 Å². The van der Waals surface area contributed by atoms with Crippen LogP contribution in [0.3, 0.4) is 0 Å². The molecule has 0 N–H and O–H groups in total. The molecule has 1 fully saturated rings. The molecule has 1 saturated carbocycles. The summed E-state index contributed by atoms with van der Waals surface area (Å²) in [5.41, 5.74) is 2.85. The zero-order valence-electron chi connectivity index (χ0n) is 11.1. The molecule has 0 atom stereocenters. The van der Waals surface area contributed by atoms with Crippen LogP contribution in [-0.4, -0.2) is 5.78 Å². The maximum atomic E-state index is 11.6. The third-order valence-corrected chi connectivity index (χ3v) is 3.51. The Morgan fingerprint density at radius 3 is 2.24 bits per heavy atom.